The van der Waals surface area contributed by atoms with Gasteiger partial charge >= 0.3 is 12.1 Å². The van der Waals surface area contributed by atoms with Gasteiger partial charge in [0.15, 0.2) is 0 Å². The van der Waals surface area contributed by atoms with Crippen molar-refractivity contribution < 1.29 is 23.9 Å². The van der Waals surface area contributed by atoms with E-state index in [1.807, 2.05) is 0 Å². The van der Waals surface area contributed by atoms with E-state index in [9.17, 15) is 19.2 Å². The zero-order chi connectivity index (χ0) is 17.6. The normalized spacial score (nSPS) is 11.5. The summed E-state index contributed by atoms with van der Waals surface area (Å²) in [6.45, 7) is 3.45. The van der Waals surface area contributed by atoms with Crippen LogP contribution in [0.2, 0.25) is 0 Å². The minimum Gasteiger partial charge on any atom is -0.464 e. The van der Waals surface area contributed by atoms with Crippen LogP contribution < -0.4 is 16.2 Å². The Hall–Kier alpha value is -2.84. The first-order valence-corrected chi connectivity index (χ1v) is 6.77. The summed E-state index contributed by atoms with van der Waals surface area (Å²) in [6, 6.07) is 1.70. The van der Waals surface area contributed by atoms with Gasteiger partial charge in [-0.05, 0) is 18.1 Å². The molecule has 0 saturated carbocycles. The van der Waals surface area contributed by atoms with Gasteiger partial charge in [-0.1, -0.05) is 13.8 Å². The number of carbonyl (C=O) groups is 3. The van der Waals surface area contributed by atoms with Crippen molar-refractivity contribution in [3.8, 4) is 0 Å². The number of nitrogens with one attached hydrogen (secondary N) is 3. The molecule has 9 nitrogen and oxygen atoms in total. The minimum atomic E-state index is -0.887. The zero-order valence-electron chi connectivity index (χ0n) is 13.3. The van der Waals surface area contributed by atoms with Gasteiger partial charge < -0.3 is 25.1 Å². The SMILES string of the molecule is COC(=O)N[C@H](C(=O)Nc1ccc(C(=O)OC)[nH]c1=O)C(C)C. The summed E-state index contributed by atoms with van der Waals surface area (Å²) in [5.74, 6) is -1.52. The molecule has 2 amide bonds. The number of hydrogen-bond acceptors (Lipinski definition) is 6. The van der Waals surface area contributed by atoms with Gasteiger partial charge in [0.25, 0.3) is 5.56 Å². The van der Waals surface area contributed by atoms with Gasteiger partial charge in [-0.15, -0.1) is 0 Å². The third-order valence-electron chi connectivity index (χ3n) is 2.98. The van der Waals surface area contributed by atoms with Crippen LogP contribution in [-0.2, 0) is 14.3 Å². The highest BCUT2D eigenvalue weighted by molar-refractivity contribution is 5.97. The van der Waals surface area contributed by atoms with Crippen molar-refractivity contribution in [2.75, 3.05) is 19.5 Å². The molecule has 0 aromatic carbocycles. The fourth-order valence-corrected chi connectivity index (χ4v) is 1.73. The summed E-state index contributed by atoms with van der Waals surface area (Å²) in [4.78, 5) is 49.0. The molecule has 3 N–H and O–H groups in total. The minimum absolute atomic E-state index is 0.0383. The number of aromatic nitrogens is 1. The van der Waals surface area contributed by atoms with Gasteiger partial charge in [0.2, 0.25) is 5.91 Å². The predicted molar refractivity (Wildman–Crippen MR) is 81.2 cm³/mol. The maximum Gasteiger partial charge on any atom is 0.407 e. The van der Waals surface area contributed by atoms with E-state index in [1.54, 1.807) is 13.8 Å². The maximum atomic E-state index is 12.2. The summed E-state index contributed by atoms with van der Waals surface area (Å²) in [5.41, 5.74) is -0.759. The van der Waals surface area contributed by atoms with Crippen LogP contribution in [0, 0.1) is 5.92 Å². The number of H-pyrrole nitrogens is 1. The number of carbonyl (C=O) groups excluding carboxylic acids is 3. The number of pyridine rings is 1. The lowest BCUT2D eigenvalue weighted by Crippen LogP contribution is -2.47. The molecule has 1 heterocycles. The standard InChI is InChI=1S/C14H19N3O6/c1-7(2)10(17-14(21)23-4)12(19)15-8-5-6-9(13(20)22-3)16-11(8)18/h5-7,10H,1-4H3,(H,15,19)(H,16,18)(H,17,21)/t10-/m0/s1. The lowest BCUT2D eigenvalue weighted by molar-refractivity contribution is -0.119. The first-order chi connectivity index (χ1) is 10.8. The number of aromatic amines is 1. The number of ether oxygens (including phenoxy) is 2. The van der Waals surface area contributed by atoms with Gasteiger partial charge in [-0.3, -0.25) is 9.59 Å². The Balaban J connectivity index is 2.92. The number of esters is 1. The van der Waals surface area contributed by atoms with Crippen LogP contribution in [0.3, 0.4) is 0 Å². The van der Waals surface area contributed by atoms with E-state index in [1.165, 1.54) is 26.4 Å². The van der Waals surface area contributed by atoms with Crippen molar-refractivity contribution in [3.63, 3.8) is 0 Å². The fraction of sp³-hybridized carbons (Fsp3) is 0.429. The molecule has 1 rings (SSSR count). The highest BCUT2D eigenvalue weighted by Crippen LogP contribution is 2.07. The molecule has 0 bridgehead atoms. The first-order valence-electron chi connectivity index (χ1n) is 6.77. The quantitative estimate of drug-likeness (QED) is 0.676. The van der Waals surface area contributed by atoms with Crippen molar-refractivity contribution in [2.24, 2.45) is 5.92 Å². The largest absolute Gasteiger partial charge is 0.464 e. The Morgan fingerprint density at radius 3 is 2.26 bits per heavy atom. The van der Waals surface area contributed by atoms with Crippen LogP contribution >= 0.6 is 0 Å². The second kappa shape index (κ2) is 7.97. The van der Waals surface area contributed by atoms with Crippen molar-refractivity contribution in [1.29, 1.82) is 0 Å². The summed E-state index contributed by atoms with van der Waals surface area (Å²) < 4.78 is 8.94. The van der Waals surface area contributed by atoms with Crippen LogP contribution in [-0.4, -0.2) is 43.2 Å². The number of amides is 2. The molecule has 0 radical (unpaired) electrons. The molecular weight excluding hydrogens is 306 g/mol. The zero-order valence-corrected chi connectivity index (χ0v) is 13.3. The van der Waals surface area contributed by atoms with Gasteiger partial charge in [-0.2, -0.15) is 0 Å². The van der Waals surface area contributed by atoms with E-state index in [4.69, 9.17) is 0 Å². The summed E-state index contributed by atoms with van der Waals surface area (Å²) in [6.07, 6.45) is -0.756. The van der Waals surface area contributed by atoms with Gasteiger partial charge in [0, 0.05) is 0 Å². The van der Waals surface area contributed by atoms with Crippen molar-refractivity contribution in [3.05, 3.63) is 28.2 Å². The topological polar surface area (TPSA) is 127 Å². The molecule has 23 heavy (non-hydrogen) atoms. The second-order valence-corrected chi connectivity index (χ2v) is 4.95. The number of alkyl carbamates (subject to hydrolysis) is 1. The third kappa shape index (κ3) is 4.83. The number of anilines is 1. The van der Waals surface area contributed by atoms with Crippen molar-refractivity contribution >= 4 is 23.7 Å². The van der Waals surface area contributed by atoms with Crippen LogP contribution in [0.1, 0.15) is 24.3 Å². The molecule has 0 aliphatic heterocycles. The van der Waals surface area contributed by atoms with Crippen LogP contribution in [0.25, 0.3) is 0 Å². The van der Waals surface area contributed by atoms with E-state index < -0.39 is 29.6 Å². The molecular formula is C14H19N3O6. The Kier molecular flexibility index (Phi) is 6.31. The van der Waals surface area contributed by atoms with Gasteiger partial charge in [0.05, 0.1) is 14.2 Å². The van der Waals surface area contributed by atoms with E-state index in [0.717, 1.165) is 0 Å². The molecule has 0 saturated heterocycles. The molecule has 1 aromatic heterocycles. The summed E-state index contributed by atoms with van der Waals surface area (Å²) >= 11 is 0. The van der Waals surface area contributed by atoms with E-state index in [2.05, 4.69) is 25.1 Å². The molecule has 126 valence electrons. The first kappa shape index (κ1) is 18.2. The second-order valence-electron chi connectivity index (χ2n) is 4.95. The van der Waals surface area contributed by atoms with Crippen LogP contribution in [0.15, 0.2) is 16.9 Å². The highest BCUT2D eigenvalue weighted by atomic mass is 16.5. The number of rotatable bonds is 5. The molecule has 0 unspecified atom stereocenters. The van der Waals surface area contributed by atoms with Crippen molar-refractivity contribution in [1.82, 2.24) is 10.3 Å². The molecule has 0 fully saturated rings. The Morgan fingerprint density at radius 1 is 1.13 bits per heavy atom. The smallest absolute Gasteiger partial charge is 0.407 e. The van der Waals surface area contributed by atoms with E-state index in [0.29, 0.717) is 0 Å². The summed E-state index contributed by atoms with van der Waals surface area (Å²) in [5, 5.41) is 4.78. The Bertz CT molecular complexity index is 652. The average molecular weight is 325 g/mol. The number of methoxy groups -OCH3 is 2. The fourth-order valence-electron chi connectivity index (χ4n) is 1.73. The average Bonchev–Trinajstić information content (AvgIpc) is 2.52. The lowest BCUT2D eigenvalue weighted by Gasteiger charge is -2.20. The predicted octanol–water partition coefficient (Wildman–Crippen LogP) is 0.481. The molecule has 0 spiro atoms. The molecule has 9 heteroatoms. The molecule has 1 atom stereocenters. The number of hydrogen-bond donors (Lipinski definition) is 3. The van der Waals surface area contributed by atoms with Gasteiger partial charge in [-0.25, -0.2) is 9.59 Å². The highest BCUT2D eigenvalue weighted by Gasteiger charge is 2.25. The van der Waals surface area contributed by atoms with E-state index >= 15 is 0 Å². The van der Waals surface area contributed by atoms with Crippen molar-refractivity contribution in [2.45, 2.75) is 19.9 Å². The molecule has 1 aromatic rings. The molecule has 0 aliphatic rings. The van der Waals surface area contributed by atoms with Gasteiger partial charge in [0.1, 0.15) is 17.4 Å². The lowest BCUT2D eigenvalue weighted by atomic mass is 10.0. The maximum absolute atomic E-state index is 12.2. The van der Waals surface area contributed by atoms with E-state index in [-0.39, 0.29) is 17.3 Å². The Morgan fingerprint density at radius 2 is 1.78 bits per heavy atom. The third-order valence-corrected chi connectivity index (χ3v) is 2.98. The molecule has 0 aliphatic carbocycles. The Labute approximate surface area is 132 Å². The van der Waals surface area contributed by atoms with Crippen LogP contribution in [0.4, 0.5) is 10.5 Å². The monoisotopic (exact) mass is 325 g/mol. The summed E-state index contributed by atoms with van der Waals surface area (Å²) in [7, 11) is 2.36. The van der Waals surface area contributed by atoms with Crippen LogP contribution in [0.5, 0.6) is 0 Å².